The Labute approximate surface area is 144 Å². The molecule has 1 aromatic heterocycles. The van der Waals surface area contributed by atoms with Crippen molar-refractivity contribution in [1.29, 1.82) is 0 Å². The number of amides is 1. The van der Waals surface area contributed by atoms with E-state index >= 15 is 0 Å². The van der Waals surface area contributed by atoms with Crippen molar-refractivity contribution < 1.29 is 22.7 Å². The number of alkyl halides is 2. The van der Waals surface area contributed by atoms with Gasteiger partial charge < -0.3 is 9.64 Å². The van der Waals surface area contributed by atoms with E-state index < -0.39 is 29.2 Å². The Morgan fingerprint density at radius 3 is 2.60 bits per heavy atom. The molecule has 9 heteroatoms. The van der Waals surface area contributed by atoms with Gasteiger partial charge in [-0.2, -0.15) is 0 Å². The molecule has 2 aromatic rings. The SMILES string of the molecule is [B]C([B])(c1cncc(-c2ccc(F)c(C(F)F)c2)c1)N1CCOC1=O. The average molecular weight is 342 g/mol. The third kappa shape index (κ3) is 3.23. The number of pyridine rings is 1. The maximum Gasteiger partial charge on any atom is 0.409 e. The summed E-state index contributed by atoms with van der Waals surface area (Å²) in [6, 6.07) is 4.86. The van der Waals surface area contributed by atoms with Crippen molar-refractivity contribution in [1.82, 2.24) is 9.88 Å². The van der Waals surface area contributed by atoms with Gasteiger partial charge in [0.05, 0.1) is 27.8 Å². The number of aromatic nitrogens is 1. The largest absolute Gasteiger partial charge is 0.448 e. The number of nitrogens with zero attached hydrogens (tertiary/aromatic N) is 2. The highest BCUT2D eigenvalue weighted by molar-refractivity contribution is 6.40. The van der Waals surface area contributed by atoms with Crippen LogP contribution in [0.5, 0.6) is 0 Å². The number of cyclic esters (lactones) is 1. The van der Waals surface area contributed by atoms with Gasteiger partial charge in [-0.1, -0.05) is 6.07 Å². The van der Waals surface area contributed by atoms with Crippen LogP contribution in [-0.4, -0.2) is 44.8 Å². The summed E-state index contributed by atoms with van der Waals surface area (Å²) in [5.74, 6) is -0.991. The first kappa shape index (κ1) is 17.4. The van der Waals surface area contributed by atoms with Crippen molar-refractivity contribution in [3.63, 3.8) is 0 Å². The number of ether oxygens (including phenoxy) is 1. The van der Waals surface area contributed by atoms with Gasteiger partial charge in [0.2, 0.25) is 0 Å². The first-order valence-electron chi connectivity index (χ1n) is 7.36. The molecular formula is C16H11B2F3N2O2. The molecule has 1 aliphatic heterocycles. The first-order valence-corrected chi connectivity index (χ1v) is 7.36. The van der Waals surface area contributed by atoms with Gasteiger partial charge >= 0.3 is 6.09 Å². The van der Waals surface area contributed by atoms with Crippen LogP contribution in [0.3, 0.4) is 0 Å². The Morgan fingerprint density at radius 1 is 1.20 bits per heavy atom. The smallest absolute Gasteiger partial charge is 0.409 e. The summed E-state index contributed by atoms with van der Waals surface area (Å²) in [5, 5.41) is -1.68. The predicted molar refractivity (Wildman–Crippen MR) is 85.8 cm³/mol. The van der Waals surface area contributed by atoms with Crippen molar-refractivity contribution in [3.8, 4) is 11.1 Å². The summed E-state index contributed by atoms with van der Waals surface area (Å²) >= 11 is 0. The minimum Gasteiger partial charge on any atom is -0.448 e. The molecule has 1 aromatic carbocycles. The van der Waals surface area contributed by atoms with Crippen LogP contribution in [0, 0.1) is 5.82 Å². The van der Waals surface area contributed by atoms with Crippen molar-refractivity contribution in [3.05, 3.63) is 53.6 Å². The van der Waals surface area contributed by atoms with E-state index in [1.165, 1.54) is 24.5 Å². The lowest BCUT2D eigenvalue weighted by Crippen LogP contribution is -2.48. The molecule has 0 unspecified atom stereocenters. The second kappa shape index (κ2) is 6.46. The number of carbonyl (C=O) groups excluding carboxylic acids is 1. The Bertz CT molecular complexity index is 818. The Morgan fingerprint density at radius 2 is 1.96 bits per heavy atom. The first-order chi connectivity index (χ1) is 11.8. The number of hydrogen-bond donors (Lipinski definition) is 0. The van der Waals surface area contributed by atoms with Gasteiger partial charge in [0.1, 0.15) is 12.4 Å². The van der Waals surface area contributed by atoms with Crippen LogP contribution in [0.4, 0.5) is 18.0 Å². The lowest BCUT2D eigenvalue weighted by molar-refractivity contribution is 0.146. The third-order valence-electron chi connectivity index (χ3n) is 3.97. The normalized spacial score (nSPS) is 14.9. The summed E-state index contributed by atoms with van der Waals surface area (Å²) in [4.78, 5) is 16.8. The summed E-state index contributed by atoms with van der Waals surface area (Å²) in [6.07, 6.45) is -0.826. The highest BCUT2D eigenvalue weighted by atomic mass is 19.3. The van der Waals surface area contributed by atoms with Crippen molar-refractivity contribution in [2.45, 2.75) is 11.8 Å². The highest BCUT2D eigenvalue weighted by Gasteiger charge is 2.36. The molecule has 0 spiro atoms. The van der Waals surface area contributed by atoms with Crippen molar-refractivity contribution in [2.75, 3.05) is 13.2 Å². The predicted octanol–water partition coefficient (Wildman–Crippen LogP) is 2.72. The Balaban J connectivity index is 2.00. The maximum absolute atomic E-state index is 13.5. The van der Waals surface area contributed by atoms with Gasteiger partial charge in [0.25, 0.3) is 6.43 Å². The molecule has 4 radical (unpaired) electrons. The fraction of sp³-hybridized carbons (Fsp3) is 0.250. The molecule has 124 valence electrons. The van der Waals surface area contributed by atoms with Gasteiger partial charge in [-0.3, -0.25) is 4.98 Å². The van der Waals surface area contributed by atoms with Crippen LogP contribution in [0.2, 0.25) is 0 Å². The molecule has 1 amide bonds. The Kier molecular flexibility index (Phi) is 4.49. The van der Waals surface area contributed by atoms with E-state index in [-0.39, 0.29) is 18.7 Å². The van der Waals surface area contributed by atoms with Gasteiger partial charge in [0.15, 0.2) is 0 Å². The standard InChI is InChI=1S/C16H11B2F3N2O2/c17-16(18,23-3-4-25-15(23)24)11-5-10(7-22-8-11)9-1-2-13(19)12(6-9)14(20)21/h1-2,5-8,14H,3-4H2. The quantitative estimate of drug-likeness (QED) is 0.803. The molecule has 25 heavy (non-hydrogen) atoms. The molecule has 4 nitrogen and oxygen atoms in total. The molecule has 1 fully saturated rings. The van der Waals surface area contributed by atoms with E-state index in [4.69, 9.17) is 20.4 Å². The molecule has 1 aliphatic rings. The molecule has 2 heterocycles. The molecule has 0 aliphatic carbocycles. The zero-order valence-electron chi connectivity index (χ0n) is 13.0. The number of hydrogen-bond acceptors (Lipinski definition) is 3. The van der Waals surface area contributed by atoms with Gasteiger partial charge in [-0.25, -0.2) is 18.0 Å². The number of benzene rings is 1. The minimum atomic E-state index is -2.95. The fourth-order valence-electron chi connectivity index (χ4n) is 2.59. The summed E-state index contributed by atoms with van der Waals surface area (Å²) in [5.41, 5.74) is 0.308. The molecule has 0 N–H and O–H groups in total. The number of rotatable bonds is 4. The molecule has 1 saturated heterocycles. The van der Waals surface area contributed by atoms with Crippen LogP contribution in [0.15, 0.2) is 36.7 Å². The summed E-state index contributed by atoms with van der Waals surface area (Å²) in [6.45, 7) is 0.375. The lowest BCUT2D eigenvalue weighted by Gasteiger charge is -2.35. The summed E-state index contributed by atoms with van der Waals surface area (Å²) in [7, 11) is 12.1. The van der Waals surface area contributed by atoms with Gasteiger partial charge in [0, 0.05) is 18.0 Å². The average Bonchev–Trinajstić information content (AvgIpc) is 3.02. The van der Waals surface area contributed by atoms with E-state index in [0.29, 0.717) is 11.1 Å². The van der Waals surface area contributed by atoms with E-state index in [1.807, 2.05) is 0 Å². The monoisotopic (exact) mass is 342 g/mol. The Hall–Kier alpha value is -2.44. The molecular weight excluding hydrogens is 331 g/mol. The van der Waals surface area contributed by atoms with Crippen molar-refractivity contribution in [2.24, 2.45) is 0 Å². The number of halogens is 3. The van der Waals surface area contributed by atoms with E-state index in [9.17, 15) is 18.0 Å². The van der Waals surface area contributed by atoms with Gasteiger partial charge in [-0.15, -0.1) is 0 Å². The molecule has 0 saturated carbocycles. The lowest BCUT2D eigenvalue weighted by atomic mass is 9.57. The second-order valence-corrected chi connectivity index (χ2v) is 5.59. The van der Waals surface area contributed by atoms with Crippen LogP contribution >= 0.6 is 0 Å². The van der Waals surface area contributed by atoms with E-state index in [1.54, 1.807) is 0 Å². The zero-order chi connectivity index (χ0) is 18.2. The van der Waals surface area contributed by atoms with E-state index in [0.717, 1.165) is 17.0 Å². The van der Waals surface area contributed by atoms with Gasteiger partial charge in [-0.05, 0) is 34.7 Å². The van der Waals surface area contributed by atoms with Crippen molar-refractivity contribution >= 4 is 21.8 Å². The van der Waals surface area contributed by atoms with Crippen LogP contribution in [-0.2, 0) is 10.1 Å². The van der Waals surface area contributed by atoms with Crippen LogP contribution in [0.1, 0.15) is 17.6 Å². The minimum absolute atomic E-state index is 0.164. The number of carbonyl (C=O) groups is 1. The third-order valence-corrected chi connectivity index (χ3v) is 3.97. The van der Waals surface area contributed by atoms with Crippen LogP contribution < -0.4 is 0 Å². The molecule has 0 bridgehead atoms. The summed E-state index contributed by atoms with van der Waals surface area (Å²) < 4.78 is 44.1. The highest BCUT2D eigenvalue weighted by Crippen LogP contribution is 2.31. The fourth-order valence-corrected chi connectivity index (χ4v) is 2.59. The molecule has 0 atom stereocenters. The van der Waals surface area contributed by atoms with Crippen LogP contribution in [0.25, 0.3) is 11.1 Å². The van der Waals surface area contributed by atoms with E-state index in [2.05, 4.69) is 4.98 Å². The zero-order valence-corrected chi connectivity index (χ0v) is 13.0. The molecule has 3 rings (SSSR count). The topological polar surface area (TPSA) is 42.4 Å². The second-order valence-electron chi connectivity index (χ2n) is 5.59. The maximum atomic E-state index is 13.5.